The predicted octanol–water partition coefficient (Wildman–Crippen LogP) is 2.05. The molecule has 1 saturated heterocycles. The summed E-state index contributed by atoms with van der Waals surface area (Å²) >= 11 is 0. The second kappa shape index (κ2) is 6.88. The van der Waals surface area contributed by atoms with Gasteiger partial charge in [-0.05, 0) is 18.9 Å². The van der Waals surface area contributed by atoms with Gasteiger partial charge in [0.05, 0.1) is 6.10 Å². The van der Waals surface area contributed by atoms with E-state index in [4.69, 9.17) is 4.74 Å². The van der Waals surface area contributed by atoms with Crippen molar-refractivity contribution < 1.29 is 27.1 Å². The molecule has 0 saturated carbocycles. The molecular weight excluding hydrogens is 294 g/mol. The number of aromatic nitrogens is 2. The van der Waals surface area contributed by atoms with E-state index in [9.17, 15) is 22.4 Å². The fourth-order valence-corrected chi connectivity index (χ4v) is 2.09. The summed E-state index contributed by atoms with van der Waals surface area (Å²) < 4.78 is 56.3. The van der Waals surface area contributed by atoms with Gasteiger partial charge in [-0.2, -0.15) is 5.10 Å². The molecule has 1 aromatic heterocycles. The number of carbonyl (C=O) groups excluding carboxylic acids is 1. The third kappa shape index (κ3) is 4.16. The van der Waals surface area contributed by atoms with E-state index < -0.39 is 36.7 Å². The van der Waals surface area contributed by atoms with Gasteiger partial charge in [0.2, 0.25) is 5.91 Å². The zero-order valence-corrected chi connectivity index (χ0v) is 11.1. The molecule has 21 heavy (non-hydrogen) atoms. The van der Waals surface area contributed by atoms with Crippen molar-refractivity contribution in [3.8, 4) is 0 Å². The van der Waals surface area contributed by atoms with E-state index >= 15 is 0 Å². The Labute approximate surface area is 118 Å². The third-order valence-corrected chi connectivity index (χ3v) is 3.12. The lowest BCUT2D eigenvalue weighted by atomic mass is 10.2. The first kappa shape index (κ1) is 15.7. The van der Waals surface area contributed by atoms with E-state index in [1.54, 1.807) is 0 Å². The third-order valence-electron chi connectivity index (χ3n) is 3.12. The van der Waals surface area contributed by atoms with Gasteiger partial charge in [0, 0.05) is 13.2 Å². The van der Waals surface area contributed by atoms with Crippen molar-refractivity contribution in [3.63, 3.8) is 0 Å². The summed E-state index contributed by atoms with van der Waals surface area (Å²) in [5.74, 6) is -0.573. The first-order valence-corrected chi connectivity index (χ1v) is 6.49. The Morgan fingerprint density at radius 3 is 2.76 bits per heavy atom. The van der Waals surface area contributed by atoms with Crippen LogP contribution in [0.3, 0.4) is 0 Å². The normalized spacial score (nSPS) is 18.7. The van der Waals surface area contributed by atoms with Crippen molar-refractivity contribution in [2.75, 3.05) is 13.2 Å². The molecule has 5 nitrogen and oxygen atoms in total. The van der Waals surface area contributed by atoms with Crippen molar-refractivity contribution in [1.29, 1.82) is 0 Å². The molecule has 2 rings (SSSR count). The minimum Gasteiger partial charge on any atom is -0.376 e. The van der Waals surface area contributed by atoms with Crippen LogP contribution in [0.15, 0.2) is 6.07 Å². The Hall–Kier alpha value is -1.64. The molecule has 1 atom stereocenters. The molecule has 0 radical (unpaired) electrons. The van der Waals surface area contributed by atoms with Crippen LogP contribution in [0.25, 0.3) is 0 Å². The zero-order valence-electron chi connectivity index (χ0n) is 11.1. The lowest BCUT2D eigenvalue weighted by molar-refractivity contribution is -0.122. The number of rotatable bonds is 6. The van der Waals surface area contributed by atoms with Crippen molar-refractivity contribution in [2.45, 2.75) is 38.3 Å². The minimum absolute atomic E-state index is 0.0854. The van der Waals surface area contributed by atoms with Crippen LogP contribution < -0.4 is 5.32 Å². The van der Waals surface area contributed by atoms with Crippen molar-refractivity contribution in [2.24, 2.45) is 0 Å². The summed E-state index contributed by atoms with van der Waals surface area (Å²) in [6, 6.07) is 0.614. The molecule has 0 aromatic carbocycles. The highest BCUT2D eigenvalue weighted by atomic mass is 19.3. The quantitative estimate of drug-likeness (QED) is 0.818. The van der Waals surface area contributed by atoms with Gasteiger partial charge in [-0.1, -0.05) is 0 Å². The molecule has 118 valence electrons. The number of hydrogen-bond acceptors (Lipinski definition) is 3. The molecule has 1 aliphatic heterocycles. The summed E-state index contributed by atoms with van der Waals surface area (Å²) in [6.07, 6.45) is -4.29. The second-order valence-electron chi connectivity index (χ2n) is 4.69. The van der Waals surface area contributed by atoms with Crippen LogP contribution in [-0.4, -0.2) is 34.9 Å². The minimum atomic E-state index is -2.98. The van der Waals surface area contributed by atoms with Gasteiger partial charge in [0.1, 0.15) is 17.9 Å². The first-order chi connectivity index (χ1) is 9.97. The smallest absolute Gasteiger partial charge is 0.282 e. The van der Waals surface area contributed by atoms with E-state index in [1.165, 1.54) is 0 Å². The molecule has 0 aliphatic carbocycles. The van der Waals surface area contributed by atoms with Crippen LogP contribution >= 0.6 is 0 Å². The lowest BCUT2D eigenvalue weighted by Crippen LogP contribution is -2.34. The van der Waals surface area contributed by atoms with Gasteiger partial charge in [-0.15, -0.1) is 0 Å². The molecular formula is C12H15F4N3O2. The molecule has 1 aromatic rings. The Bertz CT molecular complexity index is 487. The number of nitrogens with one attached hydrogen (secondary N) is 1. The lowest BCUT2D eigenvalue weighted by Gasteiger charge is -2.11. The molecule has 2 heterocycles. The molecule has 1 aliphatic rings. The van der Waals surface area contributed by atoms with E-state index in [0.717, 1.165) is 12.8 Å². The van der Waals surface area contributed by atoms with E-state index in [2.05, 4.69) is 10.4 Å². The largest absolute Gasteiger partial charge is 0.376 e. The topological polar surface area (TPSA) is 56.2 Å². The first-order valence-electron chi connectivity index (χ1n) is 6.49. The standard InChI is InChI=1S/C12H15F4N3O2/c13-11(14)8-4-9(12(15)16)19(18-8)6-10(20)17-5-7-2-1-3-21-7/h4,7,11-12H,1-3,5-6H2,(H,17,20)/t7-/m0/s1. The van der Waals surface area contributed by atoms with Crippen LogP contribution in [0.5, 0.6) is 0 Å². The maximum atomic E-state index is 12.7. The van der Waals surface area contributed by atoms with E-state index in [-0.39, 0.29) is 12.6 Å². The SMILES string of the molecule is O=C(Cn1nc(C(F)F)cc1C(F)F)NC[C@@H]1CCCO1. The Morgan fingerprint density at radius 2 is 2.19 bits per heavy atom. The molecule has 0 spiro atoms. The van der Waals surface area contributed by atoms with Crippen LogP contribution in [0.1, 0.15) is 37.1 Å². The summed E-state index contributed by atoms with van der Waals surface area (Å²) in [5, 5.41) is 5.87. The molecule has 0 bridgehead atoms. The number of alkyl halides is 4. The molecule has 0 unspecified atom stereocenters. The van der Waals surface area contributed by atoms with Crippen molar-refractivity contribution in [1.82, 2.24) is 15.1 Å². The number of amides is 1. The van der Waals surface area contributed by atoms with E-state index in [1.807, 2.05) is 0 Å². The number of ether oxygens (including phenoxy) is 1. The zero-order chi connectivity index (χ0) is 15.4. The molecule has 1 fully saturated rings. The summed E-state index contributed by atoms with van der Waals surface area (Å²) in [7, 11) is 0. The van der Waals surface area contributed by atoms with Gasteiger partial charge in [-0.3, -0.25) is 9.48 Å². The Balaban J connectivity index is 1.95. The number of carbonyl (C=O) groups is 1. The van der Waals surface area contributed by atoms with Crippen LogP contribution in [0, 0.1) is 0 Å². The number of hydrogen-bond donors (Lipinski definition) is 1. The van der Waals surface area contributed by atoms with Gasteiger partial charge in [-0.25, -0.2) is 17.6 Å². The van der Waals surface area contributed by atoms with Crippen LogP contribution in [0.4, 0.5) is 17.6 Å². The molecule has 9 heteroatoms. The van der Waals surface area contributed by atoms with Gasteiger partial charge in [0.25, 0.3) is 12.9 Å². The molecule has 1 amide bonds. The Kier molecular flexibility index (Phi) is 5.16. The predicted molar refractivity (Wildman–Crippen MR) is 64.1 cm³/mol. The number of halogens is 4. The fraction of sp³-hybridized carbons (Fsp3) is 0.667. The monoisotopic (exact) mass is 309 g/mol. The number of nitrogens with zero attached hydrogens (tertiary/aromatic N) is 2. The van der Waals surface area contributed by atoms with Crippen LogP contribution in [0.2, 0.25) is 0 Å². The van der Waals surface area contributed by atoms with Crippen molar-refractivity contribution >= 4 is 5.91 Å². The molecule has 1 N–H and O–H groups in total. The average Bonchev–Trinajstić information content (AvgIpc) is 3.05. The summed E-state index contributed by atoms with van der Waals surface area (Å²) in [4.78, 5) is 11.7. The van der Waals surface area contributed by atoms with Crippen LogP contribution in [-0.2, 0) is 16.1 Å². The van der Waals surface area contributed by atoms with E-state index in [0.29, 0.717) is 17.4 Å². The average molecular weight is 309 g/mol. The maximum absolute atomic E-state index is 12.7. The highest BCUT2D eigenvalue weighted by molar-refractivity contribution is 5.75. The summed E-state index contributed by atoms with van der Waals surface area (Å²) in [5.41, 5.74) is -1.46. The summed E-state index contributed by atoms with van der Waals surface area (Å²) in [6.45, 7) is 0.373. The van der Waals surface area contributed by atoms with Gasteiger partial charge < -0.3 is 10.1 Å². The maximum Gasteiger partial charge on any atom is 0.282 e. The van der Waals surface area contributed by atoms with Gasteiger partial charge in [0.15, 0.2) is 0 Å². The highest BCUT2D eigenvalue weighted by Crippen LogP contribution is 2.24. The fourth-order valence-electron chi connectivity index (χ4n) is 2.09. The van der Waals surface area contributed by atoms with Crippen molar-refractivity contribution in [3.05, 3.63) is 17.5 Å². The van der Waals surface area contributed by atoms with Gasteiger partial charge >= 0.3 is 0 Å². The second-order valence-corrected chi connectivity index (χ2v) is 4.69. The Morgan fingerprint density at radius 1 is 1.43 bits per heavy atom. The highest BCUT2D eigenvalue weighted by Gasteiger charge is 2.23.